The maximum absolute atomic E-state index is 13.2. The molecule has 5 aliphatic heterocycles. The molecule has 10 aliphatic rings. The van der Waals surface area contributed by atoms with Gasteiger partial charge in [0.05, 0.1) is 59.8 Å². The normalized spacial score (nSPS) is 24.6. The van der Waals surface area contributed by atoms with E-state index in [1.807, 2.05) is 122 Å². The Hall–Kier alpha value is -11.6. The zero-order chi connectivity index (χ0) is 104. The Bertz CT molecular complexity index is 6350. The summed E-state index contributed by atoms with van der Waals surface area (Å²) in [5.74, 6) is -2.91. The van der Waals surface area contributed by atoms with Gasteiger partial charge in [-0.3, -0.25) is 29.5 Å². The molecule has 39 heteroatoms. The Balaban J connectivity index is 0.000000131. The van der Waals surface area contributed by atoms with Crippen LogP contribution in [0.1, 0.15) is 196 Å². The maximum Gasteiger partial charge on any atom is 0.356 e. The summed E-state index contributed by atoms with van der Waals surface area (Å²) in [6.45, 7) is 9.23. The summed E-state index contributed by atoms with van der Waals surface area (Å²) in [5.41, 5.74) is 38.8. The molecule has 5 saturated heterocycles. The molecular formula is C108H126Cl5N19O13S2. The van der Waals surface area contributed by atoms with Gasteiger partial charge in [0.15, 0.2) is 0 Å². The first-order valence-electron chi connectivity index (χ1n) is 50.1. The average Bonchev–Trinajstić information content (AvgIpc) is 1.74. The number of halogens is 5. The molecule has 0 atom stereocenters. The van der Waals surface area contributed by atoms with E-state index >= 15 is 0 Å². The Morgan fingerprint density at radius 1 is 0.340 bits per heavy atom. The van der Waals surface area contributed by atoms with Crippen molar-refractivity contribution in [3.05, 3.63) is 275 Å². The lowest BCUT2D eigenvalue weighted by Gasteiger charge is -2.42. The zero-order valence-corrected chi connectivity index (χ0v) is 87.8. The number of benzene rings is 5. The third-order valence-electron chi connectivity index (χ3n) is 32.0. The predicted octanol–water partition coefficient (Wildman–Crippen LogP) is 18.8. The summed E-state index contributed by atoms with van der Waals surface area (Å²) in [5, 5.41) is 23.4. The standard InChI is InChI=1S/C23H27ClN4O3.C22H25ClN4O3.C22H26ClN3O3S.C21H24ClN3O3S.C20H24ClN5O/c1-31-21(29)20-14-19(7-10-26-20)28-12-11-27(22(28)30)18-5-8-23(15-25,9-6-18)16-3-2-4-17(24)13-16;23-17-3-1-2-16(11-17)22(14-24)6-4-18(5-7-22)26-8-9-27(21(26)30)19-10-15(20(28)29)12-25-13-19;1-29-20(27)18-5-6-19(30-18)26-12-11-25(21(26)28)17-7-9-22(14-24,10-8-17)15-3-2-4-16(23)13-15;22-15-3-1-2-14(12-15)21(13-23)8-6-16(7-9-21)24-10-11-25(20(24)28)18-5-4-17(29-18)19(26)27;21-16-3-1-2-15(10-16)20(13-22)6-4-17(5-7-20)25-8-9-26(19(25)27)18-11-23-14-24-12-18/h2-4,7,10,13-14,18H,5-6,8-9,11-12,15,25H2,1H3;1-3,10-13,18H,4-9,14,24H2,(H,28,29);2-6,13,17H,7-12,14,24H2,1H3;1-5,12,16H,6-11,13,23H2,(H,26,27);1-3,10-12,14,17H,4-9,13,22H2. The Morgan fingerprint density at radius 3 is 0.932 bits per heavy atom. The van der Waals surface area contributed by atoms with E-state index in [4.69, 9.17) is 101 Å². The SMILES string of the molecule is COC(=O)c1cc(N2CCN(C3CCC(CN)(c4cccc(Cl)c4)CC3)C2=O)ccn1.COC(=O)c1ccc(N2CCN(C3CCC(CN)(c4cccc(Cl)c4)CC3)C2=O)s1.NCC1(c2cccc(Cl)c2)CCC(N2CCN(c3ccc(C(=O)O)s3)C2=O)CC1.NCC1(c2cccc(Cl)c2)CCC(N2CCN(c3cncc(C(=O)O)c3)C2=O)CC1.NCC1(c2cccc(Cl)c2)CCC(N2CCN(c3cncnc3)C2=O)CC1. The number of esters is 2. The van der Waals surface area contributed by atoms with Gasteiger partial charge in [-0.25, -0.2) is 58.1 Å². The number of urea groups is 5. The molecule has 12 N–H and O–H groups in total. The summed E-state index contributed by atoms with van der Waals surface area (Å²) in [4.78, 5) is 146. The van der Waals surface area contributed by atoms with Crippen LogP contribution in [-0.2, 0) is 36.5 Å². The molecule has 5 saturated carbocycles. The van der Waals surface area contributed by atoms with Crippen LogP contribution < -0.4 is 53.2 Å². The summed E-state index contributed by atoms with van der Waals surface area (Å²) >= 11 is 33.5. The quantitative estimate of drug-likeness (QED) is 0.0276. The highest BCUT2D eigenvalue weighted by atomic mass is 35.5. The number of carbonyl (C=O) groups excluding carboxylic acids is 7. The van der Waals surface area contributed by atoms with Gasteiger partial charge in [-0.15, -0.1) is 22.7 Å². The summed E-state index contributed by atoms with van der Waals surface area (Å²) in [6, 6.07) is 52.4. The van der Waals surface area contributed by atoms with Gasteiger partial charge in [-0.2, -0.15) is 0 Å². The minimum Gasteiger partial charge on any atom is -0.478 e. The van der Waals surface area contributed by atoms with E-state index in [1.54, 1.807) is 67.2 Å². The van der Waals surface area contributed by atoms with Gasteiger partial charge in [0.25, 0.3) is 0 Å². The second-order valence-corrected chi connectivity index (χ2v) is 43.9. The van der Waals surface area contributed by atoms with E-state index in [0.717, 1.165) is 177 Å². The molecule has 0 radical (unpaired) electrons. The van der Waals surface area contributed by atoms with Crippen LogP contribution in [0.15, 0.2) is 201 Å². The van der Waals surface area contributed by atoms with E-state index in [-0.39, 0.29) is 110 Å². The monoisotopic (exact) mass is 2140 g/mol. The molecule has 0 bridgehead atoms. The number of anilines is 5. The molecule has 147 heavy (non-hydrogen) atoms. The van der Waals surface area contributed by atoms with Crippen LogP contribution in [-0.4, -0.2) is 251 Å². The Labute approximate surface area is 889 Å². The van der Waals surface area contributed by atoms with Gasteiger partial charge in [0.1, 0.15) is 21.8 Å². The third-order valence-corrected chi connectivity index (χ3v) is 35.4. The van der Waals surface area contributed by atoms with Gasteiger partial charge in [0, 0.05) is 199 Å². The lowest BCUT2D eigenvalue weighted by atomic mass is 9.68. The second-order valence-electron chi connectivity index (χ2n) is 39.6. The van der Waals surface area contributed by atoms with Gasteiger partial charge in [-0.05, 0) is 259 Å². The number of pyridine rings is 2. The van der Waals surface area contributed by atoms with Crippen molar-refractivity contribution in [3.8, 4) is 0 Å². The number of aromatic nitrogens is 4. The van der Waals surface area contributed by atoms with Crippen LogP contribution in [0.5, 0.6) is 0 Å². The number of nitrogens with two attached hydrogens (primary N) is 5. The fraction of sp³-hybridized carbons (Fsp3) is 0.435. The van der Waals surface area contributed by atoms with Crippen molar-refractivity contribution in [2.75, 3.05) is 137 Å². The van der Waals surface area contributed by atoms with E-state index in [9.17, 15) is 48.3 Å². The number of ether oxygens (including phenoxy) is 2. The highest BCUT2D eigenvalue weighted by Crippen LogP contribution is 2.49. The predicted molar refractivity (Wildman–Crippen MR) is 575 cm³/mol. The number of nitrogens with zero attached hydrogens (tertiary/aromatic N) is 14. The lowest BCUT2D eigenvalue weighted by molar-refractivity contribution is 0.0589. The average molecular weight is 2140 g/mol. The molecule has 10 aromatic rings. The topological polar surface area (TPSA) is 427 Å². The van der Waals surface area contributed by atoms with Crippen molar-refractivity contribution in [2.24, 2.45) is 28.7 Å². The molecule has 0 unspecified atom stereocenters. The largest absolute Gasteiger partial charge is 0.478 e. The number of rotatable bonds is 24. The van der Waals surface area contributed by atoms with Crippen molar-refractivity contribution in [2.45, 2.75) is 186 Å². The van der Waals surface area contributed by atoms with Crippen LogP contribution >= 0.6 is 80.7 Å². The smallest absolute Gasteiger partial charge is 0.356 e. The number of thiophene rings is 2. The summed E-state index contributed by atoms with van der Waals surface area (Å²) in [6.07, 6.45) is 27.5. The van der Waals surface area contributed by atoms with Crippen LogP contribution in [0.2, 0.25) is 25.1 Å². The molecule has 10 fully saturated rings. The molecule has 5 aromatic carbocycles. The molecule has 0 spiro atoms. The number of carboxylic acid groups (broad SMARTS) is 2. The first-order chi connectivity index (χ1) is 70.9. The van der Waals surface area contributed by atoms with Gasteiger partial charge in [0.2, 0.25) is 0 Å². The molecule has 32 nitrogen and oxygen atoms in total. The third kappa shape index (κ3) is 23.8. The van der Waals surface area contributed by atoms with Crippen LogP contribution in [0, 0.1) is 0 Å². The molecule has 10 amide bonds. The van der Waals surface area contributed by atoms with Crippen LogP contribution in [0.3, 0.4) is 0 Å². The zero-order valence-electron chi connectivity index (χ0n) is 82.4. The summed E-state index contributed by atoms with van der Waals surface area (Å²) in [7, 11) is 2.67. The molecular weight excluding hydrogens is 2010 g/mol. The highest BCUT2D eigenvalue weighted by Gasteiger charge is 2.49. The highest BCUT2D eigenvalue weighted by molar-refractivity contribution is 7.18. The van der Waals surface area contributed by atoms with Gasteiger partial charge < -0.3 is 72.9 Å². The van der Waals surface area contributed by atoms with Crippen molar-refractivity contribution < 1.29 is 62.8 Å². The lowest BCUT2D eigenvalue weighted by Crippen LogP contribution is -2.46. The fourth-order valence-corrected chi connectivity index (χ4v) is 26.0. The number of hydrogen-bond donors (Lipinski definition) is 7. The number of methoxy groups -OCH3 is 2. The van der Waals surface area contributed by atoms with E-state index < -0.39 is 17.9 Å². The molecule has 5 aliphatic carbocycles. The van der Waals surface area contributed by atoms with E-state index in [2.05, 4.69) is 50.3 Å². The van der Waals surface area contributed by atoms with Crippen LogP contribution in [0.25, 0.3) is 0 Å². The molecule has 20 rings (SSSR count). The molecule has 10 heterocycles. The minimum atomic E-state index is -1.06. The maximum atomic E-state index is 13.2. The van der Waals surface area contributed by atoms with E-state index in [0.29, 0.717) is 118 Å². The number of amides is 10. The Kier molecular flexibility index (Phi) is 35.2. The summed E-state index contributed by atoms with van der Waals surface area (Å²) < 4.78 is 9.51. The van der Waals surface area contributed by atoms with Crippen molar-refractivity contribution >= 4 is 162 Å². The Morgan fingerprint density at radius 2 is 0.633 bits per heavy atom. The number of aromatic carboxylic acids is 2. The van der Waals surface area contributed by atoms with Crippen molar-refractivity contribution in [3.63, 3.8) is 0 Å². The van der Waals surface area contributed by atoms with Crippen molar-refractivity contribution in [1.82, 2.24) is 44.4 Å². The first-order valence-corrected chi connectivity index (χ1v) is 53.7. The molecule has 5 aromatic heterocycles. The minimum absolute atomic E-state index is 0.0151. The van der Waals surface area contributed by atoms with Gasteiger partial charge >= 0.3 is 54.0 Å². The number of carbonyl (C=O) groups is 9. The van der Waals surface area contributed by atoms with Gasteiger partial charge in [-0.1, -0.05) is 119 Å². The number of hydrogen-bond acceptors (Lipinski definition) is 22. The molecule has 778 valence electrons. The first kappa shape index (κ1) is 108. The van der Waals surface area contributed by atoms with Crippen LogP contribution in [0.4, 0.5) is 51.0 Å². The second kappa shape index (κ2) is 47.9. The fourth-order valence-electron chi connectivity index (χ4n) is 23.3. The number of carboxylic acids is 2. The van der Waals surface area contributed by atoms with E-state index in [1.165, 1.54) is 84.4 Å². The van der Waals surface area contributed by atoms with Crippen molar-refractivity contribution in [1.29, 1.82) is 0 Å².